The van der Waals surface area contributed by atoms with Gasteiger partial charge in [0.05, 0.1) is 12.8 Å². The average Bonchev–Trinajstić information content (AvgIpc) is 3.26. The first-order valence-electron chi connectivity index (χ1n) is 7.19. The summed E-state index contributed by atoms with van der Waals surface area (Å²) in [4.78, 5) is 20.0. The second kappa shape index (κ2) is 6.86. The van der Waals surface area contributed by atoms with E-state index in [-0.39, 0.29) is 18.4 Å². The lowest BCUT2D eigenvalue weighted by atomic mass is 10.2. The van der Waals surface area contributed by atoms with E-state index in [4.69, 9.17) is 8.94 Å². The van der Waals surface area contributed by atoms with Crippen LogP contribution in [0.1, 0.15) is 19.2 Å². The Bertz CT molecular complexity index is 735. The predicted molar refractivity (Wildman–Crippen MR) is 77.9 cm³/mol. The van der Waals surface area contributed by atoms with Gasteiger partial charge < -0.3 is 14.3 Å². The van der Waals surface area contributed by atoms with Crippen molar-refractivity contribution in [2.45, 2.75) is 32.4 Å². The molecular formula is C14H16N6O3. The molecule has 0 bridgehead atoms. The van der Waals surface area contributed by atoms with E-state index in [1.807, 2.05) is 6.92 Å². The summed E-state index contributed by atoms with van der Waals surface area (Å²) in [5.41, 5.74) is 0. The molecule has 1 amide bonds. The quantitative estimate of drug-likeness (QED) is 0.693. The minimum absolute atomic E-state index is 0.0504. The summed E-state index contributed by atoms with van der Waals surface area (Å²) in [6.07, 6.45) is 5.24. The number of furan rings is 1. The van der Waals surface area contributed by atoms with E-state index in [0.717, 1.165) is 0 Å². The van der Waals surface area contributed by atoms with Crippen LogP contribution >= 0.6 is 0 Å². The van der Waals surface area contributed by atoms with Crippen LogP contribution in [0.5, 0.6) is 0 Å². The first kappa shape index (κ1) is 14.9. The molecule has 0 aliphatic carbocycles. The molecule has 0 saturated heterocycles. The maximum atomic E-state index is 11.9. The number of aryl methyl sites for hydroxylation is 1. The van der Waals surface area contributed by atoms with Crippen molar-refractivity contribution in [1.82, 2.24) is 30.2 Å². The lowest BCUT2D eigenvalue weighted by molar-refractivity contribution is -0.121. The molecule has 23 heavy (non-hydrogen) atoms. The zero-order chi connectivity index (χ0) is 16.1. The normalized spacial score (nSPS) is 12.2. The van der Waals surface area contributed by atoms with Gasteiger partial charge in [-0.3, -0.25) is 9.48 Å². The summed E-state index contributed by atoms with van der Waals surface area (Å²) in [5, 5.41) is 10.7. The number of rotatable bonds is 7. The number of hydrogen-bond donors (Lipinski definition) is 1. The summed E-state index contributed by atoms with van der Waals surface area (Å²) in [6, 6.07) is 3.44. The van der Waals surface area contributed by atoms with Crippen LogP contribution in [-0.4, -0.2) is 36.9 Å². The third-order valence-corrected chi connectivity index (χ3v) is 3.11. The Morgan fingerprint density at radius 2 is 2.39 bits per heavy atom. The molecule has 1 atom stereocenters. The highest BCUT2D eigenvalue weighted by Gasteiger charge is 2.13. The lowest BCUT2D eigenvalue weighted by Crippen LogP contribution is -2.35. The monoisotopic (exact) mass is 316 g/mol. The second-order valence-corrected chi connectivity index (χ2v) is 5.08. The number of nitrogens with one attached hydrogen (secondary N) is 1. The van der Waals surface area contributed by atoms with Gasteiger partial charge in [0.15, 0.2) is 5.76 Å². The minimum atomic E-state index is -0.0876. The van der Waals surface area contributed by atoms with Gasteiger partial charge in [0.1, 0.15) is 12.7 Å². The number of aromatic nitrogens is 5. The average molecular weight is 316 g/mol. The number of carbonyl (C=O) groups is 1. The largest absolute Gasteiger partial charge is 0.461 e. The van der Waals surface area contributed by atoms with E-state index >= 15 is 0 Å². The van der Waals surface area contributed by atoms with Crippen LogP contribution in [0.2, 0.25) is 0 Å². The maximum absolute atomic E-state index is 11.9. The first-order chi connectivity index (χ1) is 11.2. The maximum Gasteiger partial charge on any atom is 0.238 e. The molecule has 9 heteroatoms. The summed E-state index contributed by atoms with van der Waals surface area (Å²) in [6.45, 7) is 2.47. The molecule has 3 rings (SSSR count). The van der Waals surface area contributed by atoms with Crippen LogP contribution in [0.3, 0.4) is 0 Å². The van der Waals surface area contributed by atoms with Crippen LogP contribution in [0.4, 0.5) is 0 Å². The van der Waals surface area contributed by atoms with E-state index in [9.17, 15) is 4.79 Å². The van der Waals surface area contributed by atoms with Crippen molar-refractivity contribution in [2.75, 3.05) is 0 Å². The number of carbonyl (C=O) groups excluding carboxylic acids is 1. The highest BCUT2D eigenvalue weighted by Crippen LogP contribution is 2.16. The molecule has 0 unspecified atom stereocenters. The van der Waals surface area contributed by atoms with Crippen molar-refractivity contribution in [2.24, 2.45) is 0 Å². The molecule has 3 heterocycles. The SMILES string of the molecule is C[C@H](Cn1cncn1)NC(=O)CCc1nc(-c2ccco2)no1. The molecule has 0 radical (unpaired) electrons. The summed E-state index contributed by atoms with van der Waals surface area (Å²) >= 11 is 0. The Balaban J connectivity index is 1.45. The van der Waals surface area contributed by atoms with Gasteiger partial charge >= 0.3 is 0 Å². The van der Waals surface area contributed by atoms with Gasteiger partial charge in [0.25, 0.3) is 0 Å². The Morgan fingerprint density at radius 3 is 3.13 bits per heavy atom. The zero-order valence-electron chi connectivity index (χ0n) is 12.5. The zero-order valence-corrected chi connectivity index (χ0v) is 12.5. The van der Waals surface area contributed by atoms with E-state index < -0.39 is 0 Å². The molecule has 0 saturated carbocycles. The van der Waals surface area contributed by atoms with Gasteiger partial charge in [-0.05, 0) is 19.1 Å². The number of amides is 1. The summed E-state index contributed by atoms with van der Waals surface area (Å²) in [5.74, 6) is 1.22. The van der Waals surface area contributed by atoms with Crippen molar-refractivity contribution in [1.29, 1.82) is 0 Å². The van der Waals surface area contributed by atoms with E-state index in [1.165, 1.54) is 12.6 Å². The third-order valence-electron chi connectivity index (χ3n) is 3.11. The molecule has 3 aromatic heterocycles. The Labute approximate surface area is 131 Å². The molecule has 0 aliphatic heterocycles. The molecule has 3 aromatic rings. The molecule has 0 fully saturated rings. The molecule has 0 spiro atoms. The predicted octanol–water partition coefficient (Wildman–Crippen LogP) is 1.06. The standard InChI is InChI=1S/C14H16N6O3/c1-10(7-20-9-15-8-16-20)17-12(21)4-5-13-18-14(19-23-13)11-3-2-6-22-11/h2-3,6,8-10H,4-5,7H2,1H3,(H,17,21)/t10-/m1/s1. The fraction of sp³-hybridized carbons (Fsp3) is 0.357. The van der Waals surface area contributed by atoms with Crippen molar-refractivity contribution in [3.63, 3.8) is 0 Å². The second-order valence-electron chi connectivity index (χ2n) is 5.08. The Hall–Kier alpha value is -2.97. The van der Waals surface area contributed by atoms with E-state index in [2.05, 4.69) is 25.5 Å². The fourth-order valence-electron chi connectivity index (χ4n) is 2.08. The van der Waals surface area contributed by atoms with Crippen LogP contribution in [0, 0.1) is 0 Å². The van der Waals surface area contributed by atoms with Crippen LogP contribution in [0.15, 0.2) is 40.0 Å². The molecule has 1 N–H and O–H groups in total. The Kier molecular flexibility index (Phi) is 4.46. The van der Waals surface area contributed by atoms with Crippen molar-refractivity contribution < 1.29 is 13.7 Å². The highest BCUT2D eigenvalue weighted by molar-refractivity contribution is 5.76. The van der Waals surface area contributed by atoms with Crippen LogP contribution in [-0.2, 0) is 17.8 Å². The van der Waals surface area contributed by atoms with Gasteiger partial charge in [0, 0.05) is 18.9 Å². The van der Waals surface area contributed by atoms with Gasteiger partial charge in [-0.15, -0.1) is 0 Å². The number of nitrogens with zero attached hydrogens (tertiary/aromatic N) is 5. The fourth-order valence-corrected chi connectivity index (χ4v) is 2.08. The van der Waals surface area contributed by atoms with Crippen LogP contribution in [0.25, 0.3) is 11.6 Å². The molecule has 0 aliphatic rings. The van der Waals surface area contributed by atoms with Gasteiger partial charge in [-0.2, -0.15) is 10.1 Å². The minimum Gasteiger partial charge on any atom is -0.461 e. The number of hydrogen-bond acceptors (Lipinski definition) is 7. The third kappa shape index (κ3) is 4.02. The van der Waals surface area contributed by atoms with Crippen molar-refractivity contribution in [3.05, 3.63) is 36.9 Å². The smallest absolute Gasteiger partial charge is 0.238 e. The summed E-state index contributed by atoms with van der Waals surface area (Å²) in [7, 11) is 0. The molecule has 120 valence electrons. The van der Waals surface area contributed by atoms with E-state index in [0.29, 0.717) is 30.4 Å². The van der Waals surface area contributed by atoms with Crippen molar-refractivity contribution in [3.8, 4) is 11.6 Å². The van der Waals surface area contributed by atoms with Gasteiger partial charge in [-0.1, -0.05) is 5.16 Å². The first-order valence-corrected chi connectivity index (χ1v) is 7.19. The lowest BCUT2D eigenvalue weighted by Gasteiger charge is -2.13. The molecule has 9 nitrogen and oxygen atoms in total. The summed E-state index contributed by atoms with van der Waals surface area (Å²) < 4.78 is 12.0. The topological polar surface area (TPSA) is 112 Å². The molecule has 0 aromatic carbocycles. The Morgan fingerprint density at radius 1 is 1.48 bits per heavy atom. The van der Waals surface area contributed by atoms with Crippen LogP contribution < -0.4 is 5.32 Å². The highest BCUT2D eigenvalue weighted by atomic mass is 16.5. The van der Waals surface area contributed by atoms with Gasteiger partial charge in [0.2, 0.25) is 17.6 Å². The van der Waals surface area contributed by atoms with Crippen molar-refractivity contribution >= 4 is 5.91 Å². The van der Waals surface area contributed by atoms with Gasteiger partial charge in [-0.25, -0.2) is 4.98 Å². The van der Waals surface area contributed by atoms with E-state index in [1.54, 1.807) is 23.1 Å². The molecular weight excluding hydrogens is 300 g/mol.